The molecule has 7 heteroatoms. The summed E-state index contributed by atoms with van der Waals surface area (Å²) in [6, 6.07) is 9.78. The topological polar surface area (TPSA) is 77.8 Å². The lowest BCUT2D eigenvalue weighted by molar-refractivity contribution is 0.0465. The molecule has 3 aliphatic rings. The Hall–Kier alpha value is -3.09. The van der Waals surface area contributed by atoms with Gasteiger partial charge in [-0.05, 0) is 37.7 Å². The normalized spacial score (nSPS) is 23.8. The lowest BCUT2D eigenvalue weighted by atomic mass is 9.95. The predicted octanol–water partition coefficient (Wildman–Crippen LogP) is 2.61. The van der Waals surface area contributed by atoms with Crippen LogP contribution in [-0.4, -0.2) is 40.0 Å². The lowest BCUT2D eigenvalue weighted by Crippen LogP contribution is -2.52. The van der Waals surface area contributed by atoms with Crippen molar-refractivity contribution in [1.82, 2.24) is 9.47 Å². The van der Waals surface area contributed by atoms with E-state index in [2.05, 4.69) is 0 Å². The van der Waals surface area contributed by atoms with E-state index in [4.69, 9.17) is 9.47 Å². The van der Waals surface area contributed by atoms with Crippen LogP contribution in [0.15, 0.2) is 41.3 Å². The van der Waals surface area contributed by atoms with Gasteiger partial charge in [0.15, 0.2) is 11.4 Å². The number of aromatic nitrogens is 1. The molecule has 1 aliphatic carbocycles. The number of nitrogens with zero attached hydrogens (tertiary/aromatic N) is 2. The van der Waals surface area contributed by atoms with Gasteiger partial charge in [-0.3, -0.25) is 9.59 Å². The number of fused-ring (bicyclic) bond motifs is 6. The molecule has 0 N–H and O–H groups in total. The second-order valence-corrected chi connectivity index (χ2v) is 8.20. The van der Waals surface area contributed by atoms with Crippen LogP contribution in [0, 0.1) is 5.92 Å². The number of ether oxygens (including phenoxy) is 2. The van der Waals surface area contributed by atoms with E-state index in [1.165, 1.54) is 6.20 Å². The number of pyridine rings is 1. The van der Waals surface area contributed by atoms with Crippen LogP contribution < -0.4 is 10.2 Å². The first-order valence-electron chi connectivity index (χ1n) is 10.5. The molecule has 2 fully saturated rings. The van der Waals surface area contributed by atoms with E-state index in [1.54, 1.807) is 11.5 Å². The molecule has 5 rings (SSSR count). The lowest BCUT2D eigenvalue weighted by Gasteiger charge is -2.40. The number of amides is 1. The van der Waals surface area contributed by atoms with Crippen LogP contribution in [0.2, 0.25) is 0 Å². The summed E-state index contributed by atoms with van der Waals surface area (Å²) < 4.78 is 12.7. The van der Waals surface area contributed by atoms with Gasteiger partial charge in [0.25, 0.3) is 5.91 Å². The number of carbonyl (C=O) groups is 2. The van der Waals surface area contributed by atoms with E-state index in [0.29, 0.717) is 12.5 Å². The number of piperidine rings is 1. The molecule has 156 valence electrons. The van der Waals surface area contributed by atoms with Crippen LogP contribution >= 0.6 is 0 Å². The van der Waals surface area contributed by atoms with Crippen molar-refractivity contribution in [3.05, 3.63) is 63.6 Å². The highest BCUT2D eigenvalue weighted by Gasteiger charge is 2.51. The molecule has 3 atom stereocenters. The van der Waals surface area contributed by atoms with Crippen molar-refractivity contribution < 1.29 is 19.1 Å². The fraction of sp³-hybridized carbons (Fsp3) is 0.435. The first-order valence-corrected chi connectivity index (χ1v) is 10.5. The molecule has 1 aromatic heterocycles. The number of esters is 1. The third-order valence-corrected chi connectivity index (χ3v) is 6.52. The number of hydrogen-bond donors (Lipinski definition) is 0. The van der Waals surface area contributed by atoms with Gasteiger partial charge in [-0.15, -0.1) is 0 Å². The number of carbonyl (C=O) groups excluding carboxylic acids is 2. The van der Waals surface area contributed by atoms with E-state index in [9.17, 15) is 14.4 Å². The molecule has 7 nitrogen and oxygen atoms in total. The molecule has 2 bridgehead atoms. The Labute approximate surface area is 174 Å². The minimum Gasteiger partial charge on any atom is -0.483 e. The zero-order chi connectivity index (χ0) is 20.8. The van der Waals surface area contributed by atoms with Gasteiger partial charge in [0.05, 0.1) is 12.6 Å². The third-order valence-electron chi connectivity index (χ3n) is 6.52. The molecule has 1 amide bonds. The molecule has 3 heterocycles. The highest BCUT2D eigenvalue weighted by Crippen LogP contribution is 2.46. The molecular weight excluding hydrogens is 384 g/mol. The minimum atomic E-state index is -0.690. The molecule has 2 aromatic rings. The van der Waals surface area contributed by atoms with Crippen LogP contribution in [0.1, 0.15) is 52.6 Å². The quantitative estimate of drug-likeness (QED) is 0.711. The summed E-state index contributed by atoms with van der Waals surface area (Å²) in [6.45, 7) is 2.56. The zero-order valence-electron chi connectivity index (χ0n) is 16.9. The van der Waals surface area contributed by atoms with Crippen molar-refractivity contribution in [3.8, 4) is 5.75 Å². The zero-order valence-corrected chi connectivity index (χ0v) is 16.9. The number of benzene rings is 1. The summed E-state index contributed by atoms with van der Waals surface area (Å²) in [5.74, 6) is -0.443. The molecule has 2 aliphatic heterocycles. The van der Waals surface area contributed by atoms with Crippen molar-refractivity contribution in [2.75, 3.05) is 6.61 Å². The smallest absolute Gasteiger partial charge is 0.343 e. The van der Waals surface area contributed by atoms with E-state index in [-0.39, 0.29) is 48.2 Å². The predicted molar refractivity (Wildman–Crippen MR) is 109 cm³/mol. The van der Waals surface area contributed by atoms with E-state index < -0.39 is 11.4 Å². The Bertz CT molecular complexity index is 1060. The van der Waals surface area contributed by atoms with Crippen molar-refractivity contribution in [2.24, 2.45) is 5.92 Å². The van der Waals surface area contributed by atoms with Crippen LogP contribution in [0.25, 0.3) is 0 Å². The Morgan fingerprint density at radius 2 is 1.97 bits per heavy atom. The van der Waals surface area contributed by atoms with E-state index >= 15 is 0 Å². The van der Waals surface area contributed by atoms with Crippen molar-refractivity contribution >= 4 is 11.9 Å². The van der Waals surface area contributed by atoms with Gasteiger partial charge in [0.2, 0.25) is 5.43 Å². The summed E-state index contributed by atoms with van der Waals surface area (Å²) in [7, 11) is 0. The van der Waals surface area contributed by atoms with Crippen molar-refractivity contribution in [2.45, 2.75) is 51.4 Å². The maximum Gasteiger partial charge on any atom is 0.343 e. The first-order chi connectivity index (χ1) is 14.6. The maximum absolute atomic E-state index is 13.4. The molecule has 1 saturated carbocycles. The van der Waals surface area contributed by atoms with Gasteiger partial charge < -0.3 is 18.9 Å². The van der Waals surface area contributed by atoms with Gasteiger partial charge in [-0.2, -0.15) is 0 Å². The van der Waals surface area contributed by atoms with Gasteiger partial charge in [-0.1, -0.05) is 30.3 Å². The molecule has 1 aromatic carbocycles. The Balaban J connectivity index is 1.59. The van der Waals surface area contributed by atoms with Gasteiger partial charge >= 0.3 is 5.97 Å². The minimum absolute atomic E-state index is 0.0596. The molecular formula is C23H24N2O5. The Morgan fingerprint density at radius 3 is 2.73 bits per heavy atom. The highest BCUT2D eigenvalue weighted by atomic mass is 16.5. The summed E-state index contributed by atoms with van der Waals surface area (Å²) in [5.41, 5.74) is 0.436. The maximum atomic E-state index is 13.4. The standard InChI is InChI=1S/C23H24N2O5/c1-2-29-23(28)17-11-24-12-18-15-8-9-16(10-15)25(18)22(27)19(24)21(20(17)26)30-13-14-6-4-3-5-7-14/h3-7,11,15-16,18H,2,8-10,12-13H2,1H3/t15-,16+,18?/m0/s1. The van der Waals surface area contributed by atoms with Gasteiger partial charge in [-0.25, -0.2) is 4.79 Å². The average Bonchev–Trinajstić information content (AvgIpc) is 3.36. The van der Waals surface area contributed by atoms with Crippen LogP contribution in [-0.2, 0) is 17.9 Å². The molecule has 1 saturated heterocycles. The number of rotatable bonds is 5. The van der Waals surface area contributed by atoms with E-state index in [0.717, 1.165) is 24.8 Å². The number of hydrogen-bond acceptors (Lipinski definition) is 5. The summed E-state index contributed by atoms with van der Waals surface area (Å²) in [5, 5.41) is 0. The molecule has 1 unspecified atom stereocenters. The summed E-state index contributed by atoms with van der Waals surface area (Å²) in [4.78, 5) is 41.0. The largest absolute Gasteiger partial charge is 0.483 e. The molecule has 0 radical (unpaired) electrons. The molecule has 30 heavy (non-hydrogen) atoms. The third kappa shape index (κ3) is 2.91. The highest BCUT2D eigenvalue weighted by molar-refractivity contribution is 5.98. The fourth-order valence-electron chi connectivity index (χ4n) is 5.19. The average molecular weight is 408 g/mol. The van der Waals surface area contributed by atoms with Crippen LogP contribution in [0.5, 0.6) is 5.75 Å². The Morgan fingerprint density at radius 1 is 1.17 bits per heavy atom. The van der Waals surface area contributed by atoms with Crippen LogP contribution in [0.3, 0.4) is 0 Å². The SMILES string of the molecule is CCOC(=O)c1cn2c(c(OCc3ccccc3)c1=O)C(=O)N1C(C2)[C@H]2CC[C@@H]1C2. The second-order valence-electron chi connectivity index (χ2n) is 8.20. The van der Waals surface area contributed by atoms with Gasteiger partial charge in [0.1, 0.15) is 12.2 Å². The van der Waals surface area contributed by atoms with Crippen molar-refractivity contribution in [1.29, 1.82) is 0 Å². The van der Waals surface area contributed by atoms with Crippen molar-refractivity contribution in [3.63, 3.8) is 0 Å². The first kappa shape index (κ1) is 18.9. The second kappa shape index (κ2) is 7.31. The van der Waals surface area contributed by atoms with Gasteiger partial charge in [0, 0.05) is 18.8 Å². The summed E-state index contributed by atoms with van der Waals surface area (Å²) >= 11 is 0. The van der Waals surface area contributed by atoms with Crippen LogP contribution in [0.4, 0.5) is 0 Å². The fourth-order valence-corrected chi connectivity index (χ4v) is 5.19. The van der Waals surface area contributed by atoms with E-state index in [1.807, 2.05) is 35.2 Å². The Kier molecular flexibility index (Phi) is 4.60. The summed E-state index contributed by atoms with van der Waals surface area (Å²) in [6.07, 6.45) is 4.63. The monoisotopic (exact) mass is 408 g/mol. The molecule has 0 spiro atoms.